The summed E-state index contributed by atoms with van der Waals surface area (Å²) in [6.45, 7) is 0.250. The standard InChI is InChI=1S/C25H30F2N4O3.C5H8N2/c1-34-20-4-2-18(3-5-20)22(33)30-24-9-16-6-17(10-24)8-23(7-16,14-24)29-13-21(32)31-15-25(26,27)11-19(31)12-28;6-4-5-2-1-3-7-5/h2-5,16-17,19,29H,6-11,13-15H2,1H3,(H,30,33);5,7H,1-3H2/t16?,17?,19-,23?,24?;/m0./s1. The Balaban J connectivity index is 0.000000423. The van der Waals surface area contributed by atoms with Crippen LogP contribution in [0.25, 0.3) is 0 Å². The predicted molar refractivity (Wildman–Crippen MR) is 146 cm³/mol. The molecule has 6 fully saturated rings. The molecule has 220 valence electrons. The monoisotopic (exact) mass is 568 g/mol. The molecule has 9 nitrogen and oxygen atoms in total. The minimum Gasteiger partial charge on any atom is -0.497 e. The molecule has 4 atom stereocenters. The number of hydrogen-bond donors (Lipinski definition) is 3. The van der Waals surface area contributed by atoms with Crippen molar-refractivity contribution in [1.82, 2.24) is 20.9 Å². The maximum Gasteiger partial charge on any atom is 0.268 e. The third kappa shape index (κ3) is 6.47. The molecule has 2 heterocycles. The number of ether oxygens (including phenoxy) is 1. The highest BCUT2D eigenvalue weighted by Gasteiger charge is 2.58. The summed E-state index contributed by atoms with van der Waals surface area (Å²) in [7, 11) is 1.58. The number of hydrogen-bond acceptors (Lipinski definition) is 7. The number of halogens is 2. The summed E-state index contributed by atoms with van der Waals surface area (Å²) in [4.78, 5) is 26.9. The van der Waals surface area contributed by atoms with E-state index in [0.29, 0.717) is 29.6 Å². The van der Waals surface area contributed by atoms with Crippen LogP contribution in [0.4, 0.5) is 8.78 Å². The molecule has 4 aliphatic carbocycles. The topological polar surface area (TPSA) is 130 Å². The van der Waals surface area contributed by atoms with Gasteiger partial charge in [-0.2, -0.15) is 10.5 Å². The Bertz CT molecular complexity index is 1210. The normalized spacial score (nSPS) is 34.2. The van der Waals surface area contributed by atoms with E-state index in [2.05, 4.69) is 22.0 Å². The molecule has 7 rings (SSSR count). The Morgan fingerprint density at radius 1 is 1.07 bits per heavy atom. The molecule has 4 saturated carbocycles. The first-order valence-electron chi connectivity index (χ1n) is 14.5. The quantitative estimate of drug-likeness (QED) is 0.481. The van der Waals surface area contributed by atoms with E-state index in [1.54, 1.807) is 31.4 Å². The van der Waals surface area contributed by atoms with Crippen LogP contribution < -0.4 is 20.7 Å². The van der Waals surface area contributed by atoms with Crippen LogP contribution in [0, 0.1) is 34.5 Å². The van der Waals surface area contributed by atoms with E-state index in [-0.39, 0.29) is 29.6 Å². The van der Waals surface area contributed by atoms with Crippen molar-refractivity contribution in [2.24, 2.45) is 11.8 Å². The van der Waals surface area contributed by atoms with Crippen LogP contribution in [0.3, 0.4) is 0 Å². The van der Waals surface area contributed by atoms with Crippen molar-refractivity contribution >= 4 is 11.8 Å². The van der Waals surface area contributed by atoms with Gasteiger partial charge in [0.15, 0.2) is 0 Å². The summed E-state index contributed by atoms with van der Waals surface area (Å²) in [5.74, 6) is -2.02. The van der Waals surface area contributed by atoms with Crippen molar-refractivity contribution in [3.63, 3.8) is 0 Å². The summed E-state index contributed by atoms with van der Waals surface area (Å²) in [6.07, 6.45) is 7.07. The molecule has 0 spiro atoms. The smallest absolute Gasteiger partial charge is 0.268 e. The van der Waals surface area contributed by atoms with Crippen LogP contribution in [-0.4, -0.2) is 72.5 Å². The average molecular weight is 569 g/mol. The van der Waals surface area contributed by atoms with Crippen molar-refractivity contribution in [1.29, 1.82) is 10.5 Å². The van der Waals surface area contributed by atoms with E-state index in [9.17, 15) is 23.6 Å². The molecule has 41 heavy (non-hydrogen) atoms. The van der Waals surface area contributed by atoms with Crippen LogP contribution in [0.2, 0.25) is 0 Å². The number of likely N-dealkylation sites (tertiary alicyclic amines) is 1. The van der Waals surface area contributed by atoms with E-state index in [4.69, 9.17) is 10.00 Å². The average Bonchev–Trinajstić information content (AvgIpc) is 3.58. The maximum absolute atomic E-state index is 13.8. The Morgan fingerprint density at radius 2 is 1.76 bits per heavy atom. The molecule has 2 saturated heterocycles. The summed E-state index contributed by atoms with van der Waals surface area (Å²) < 4.78 is 32.7. The molecule has 3 N–H and O–H groups in total. The number of nitriles is 2. The number of benzene rings is 1. The third-order valence-electron chi connectivity index (χ3n) is 9.36. The van der Waals surface area contributed by atoms with Crippen LogP contribution in [-0.2, 0) is 4.79 Å². The number of rotatable bonds is 6. The Kier molecular flexibility index (Phi) is 8.22. The highest BCUT2D eigenvalue weighted by molar-refractivity contribution is 5.94. The van der Waals surface area contributed by atoms with Crippen LogP contribution >= 0.6 is 0 Å². The highest BCUT2D eigenvalue weighted by Crippen LogP contribution is 2.57. The van der Waals surface area contributed by atoms with Gasteiger partial charge in [-0.15, -0.1) is 0 Å². The first kappa shape index (κ1) is 29.2. The van der Waals surface area contributed by atoms with Crippen LogP contribution in [0.1, 0.15) is 68.1 Å². The van der Waals surface area contributed by atoms with Crippen molar-refractivity contribution < 1.29 is 23.1 Å². The molecule has 0 aromatic heterocycles. The first-order chi connectivity index (χ1) is 19.6. The first-order valence-corrected chi connectivity index (χ1v) is 14.5. The minimum absolute atomic E-state index is 0.0732. The third-order valence-corrected chi connectivity index (χ3v) is 9.36. The fourth-order valence-electron chi connectivity index (χ4n) is 8.02. The highest BCUT2D eigenvalue weighted by atomic mass is 19.3. The number of nitrogens with zero attached hydrogens (tertiary/aromatic N) is 3. The molecule has 0 radical (unpaired) electrons. The zero-order chi connectivity index (χ0) is 29.3. The Hall–Kier alpha value is -3.28. The van der Waals surface area contributed by atoms with Crippen LogP contribution in [0.15, 0.2) is 24.3 Å². The van der Waals surface area contributed by atoms with Gasteiger partial charge in [0.25, 0.3) is 11.8 Å². The second-order valence-electron chi connectivity index (χ2n) is 12.6. The van der Waals surface area contributed by atoms with Gasteiger partial charge in [-0.3, -0.25) is 9.59 Å². The predicted octanol–water partition coefficient (Wildman–Crippen LogP) is 3.13. The molecule has 1 aromatic rings. The fourth-order valence-corrected chi connectivity index (χ4v) is 8.02. The Labute approximate surface area is 239 Å². The maximum atomic E-state index is 13.8. The van der Waals surface area contributed by atoms with Crippen molar-refractivity contribution in [2.75, 3.05) is 26.7 Å². The summed E-state index contributed by atoms with van der Waals surface area (Å²) in [5, 5.41) is 27.2. The second-order valence-corrected chi connectivity index (χ2v) is 12.6. The zero-order valence-electron chi connectivity index (χ0n) is 23.4. The minimum atomic E-state index is -3.02. The molecule has 6 aliphatic rings. The van der Waals surface area contributed by atoms with Gasteiger partial charge in [-0.05, 0) is 94.0 Å². The van der Waals surface area contributed by atoms with Gasteiger partial charge in [-0.1, -0.05) is 0 Å². The number of carbonyl (C=O) groups excluding carboxylic acids is 2. The van der Waals surface area contributed by atoms with Crippen molar-refractivity contribution in [2.45, 2.75) is 86.9 Å². The second kappa shape index (κ2) is 11.5. The van der Waals surface area contributed by atoms with E-state index < -0.39 is 30.8 Å². The van der Waals surface area contributed by atoms with Gasteiger partial charge in [0.05, 0.1) is 38.4 Å². The number of methoxy groups -OCH3 is 1. The van der Waals surface area contributed by atoms with Gasteiger partial charge in [0.2, 0.25) is 5.91 Å². The summed E-state index contributed by atoms with van der Waals surface area (Å²) in [6, 6.07) is 10.1. The van der Waals surface area contributed by atoms with Crippen LogP contribution in [0.5, 0.6) is 5.75 Å². The molecule has 3 unspecified atom stereocenters. The summed E-state index contributed by atoms with van der Waals surface area (Å²) in [5.41, 5.74) is -0.0733. The number of nitrogens with one attached hydrogen (secondary N) is 3. The SMILES string of the molecule is COc1ccc(C(=O)NC23CC4CC(CC(NCC(=O)N5CC(F)(F)C[C@H]5C#N)(C4)C2)C3)cc1.N#CC1CCCN1. The molecule has 11 heteroatoms. The van der Waals surface area contributed by atoms with Gasteiger partial charge >= 0.3 is 0 Å². The van der Waals surface area contributed by atoms with Crippen molar-refractivity contribution in [3.8, 4) is 17.9 Å². The van der Waals surface area contributed by atoms with Gasteiger partial charge in [0, 0.05) is 23.1 Å². The largest absolute Gasteiger partial charge is 0.497 e. The molecule has 2 aliphatic heterocycles. The van der Waals surface area contributed by atoms with Gasteiger partial charge in [-0.25, -0.2) is 8.78 Å². The lowest BCUT2D eigenvalue weighted by molar-refractivity contribution is -0.133. The molecular formula is C30H38F2N6O3. The van der Waals surface area contributed by atoms with Crippen molar-refractivity contribution in [3.05, 3.63) is 29.8 Å². The number of alkyl halides is 2. The summed E-state index contributed by atoms with van der Waals surface area (Å²) >= 11 is 0. The van der Waals surface area contributed by atoms with E-state index >= 15 is 0 Å². The number of carbonyl (C=O) groups is 2. The molecule has 1 aromatic carbocycles. The van der Waals surface area contributed by atoms with E-state index in [0.717, 1.165) is 56.4 Å². The lowest BCUT2D eigenvalue weighted by Gasteiger charge is -2.62. The van der Waals surface area contributed by atoms with Gasteiger partial charge < -0.3 is 25.6 Å². The van der Waals surface area contributed by atoms with Gasteiger partial charge in [0.1, 0.15) is 11.8 Å². The number of amides is 2. The molecule has 4 bridgehead atoms. The van der Waals surface area contributed by atoms with E-state index in [1.165, 1.54) is 0 Å². The molecular weight excluding hydrogens is 530 g/mol. The lowest BCUT2D eigenvalue weighted by atomic mass is 9.50. The lowest BCUT2D eigenvalue weighted by Crippen LogP contribution is -2.69. The zero-order valence-corrected chi connectivity index (χ0v) is 23.4. The van der Waals surface area contributed by atoms with E-state index in [1.807, 2.05) is 6.07 Å². The molecule has 2 amide bonds. The Morgan fingerprint density at radius 3 is 2.32 bits per heavy atom. The fraction of sp³-hybridized carbons (Fsp3) is 0.667.